The lowest BCUT2D eigenvalue weighted by Gasteiger charge is -2.52. The van der Waals surface area contributed by atoms with Crippen molar-refractivity contribution in [2.75, 3.05) is 26.2 Å². The SMILES string of the molecule is CCCCC(CCCC)CCOC1CC2(CCN(CC(C)CCC)CC2)C1. The van der Waals surface area contributed by atoms with E-state index in [1.165, 1.54) is 103 Å². The molecule has 0 amide bonds. The van der Waals surface area contributed by atoms with Gasteiger partial charge in [-0.15, -0.1) is 0 Å². The van der Waals surface area contributed by atoms with Crippen molar-refractivity contribution < 1.29 is 4.74 Å². The predicted octanol–water partition coefficient (Wildman–Crippen LogP) is 7.07. The molecule has 1 saturated carbocycles. The molecule has 27 heavy (non-hydrogen) atoms. The van der Waals surface area contributed by atoms with Crippen molar-refractivity contribution in [3.05, 3.63) is 0 Å². The minimum atomic E-state index is 0.577. The molecule has 1 aliphatic heterocycles. The Morgan fingerprint density at radius 1 is 0.889 bits per heavy atom. The lowest BCUT2D eigenvalue weighted by Crippen LogP contribution is -2.50. The Kier molecular flexibility index (Phi) is 10.7. The highest BCUT2D eigenvalue weighted by atomic mass is 16.5. The Morgan fingerprint density at radius 3 is 2.07 bits per heavy atom. The second kappa shape index (κ2) is 12.5. The Morgan fingerprint density at radius 2 is 1.52 bits per heavy atom. The summed E-state index contributed by atoms with van der Waals surface area (Å²) in [5, 5.41) is 0. The van der Waals surface area contributed by atoms with E-state index in [0.717, 1.165) is 18.4 Å². The molecule has 0 aromatic heterocycles. The average Bonchev–Trinajstić information content (AvgIpc) is 2.63. The Hall–Kier alpha value is -0.0800. The maximum atomic E-state index is 6.31. The first-order valence-electron chi connectivity index (χ1n) is 12.4. The summed E-state index contributed by atoms with van der Waals surface area (Å²) in [5.74, 6) is 1.78. The molecule has 2 rings (SSSR count). The normalized spacial score (nSPS) is 21.7. The maximum Gasteiger partial charge on any atom is 0.0585 e. The van der Waals surface area contributed by atoms with Crippen LogP contribution in [0.4, 0.5) is 0 Å². The molecule has 0 N–H and O–H groups in total. The first kappa shape index (κ1) is 23.2. The van der Waals surface area contributed by atoms with Crippen LogP contribution >= 0.6 is 0 Å². The Bertz CT molecular complexity index is 359. The molecule has 1 atom stereocenters. The Labute approximate surface area is 170 Å². The monoisotopic (exact) mass is 379 g/mol. The second-order valence-electron chi connectivity index (χ2n) is 10.0. The highest BCUT2D eigenvalue weighted by Crippen LogP contribution is 2.50. The minimum absolute atomic E-state index is 0.577. The smallest absolute Gasteiger partial charge is 0.0585 e. The lowest BCUT2D eigenvalue weighted by atomic mass is 9.61. The number of hydrogen-bond acceptors (Lipinski definition) is 2. The van der Waals surface area contributed by atoms with Gasteiger partial charge in [-0.25, -0.2) is 0 Å². The first-order chi connectivity index (χ1) is 13.1. The zero-order valence-electron chi connectivity index (χ0n) is 19.1. The molecule has 2 aliphatic rings. The van der Waals surface area contributed by atoms with E-state index in [1.54, 1.807) is 0 Å². The van der Waals surface area contributed by atoms with Crippen molar-refractivity contribution in [2.24, 2.45) is 17.3 Å². The molecule has 2 fully saturated rings. The number of rotatable bonds is 14. The van der Waals surface area contributed by atoms with Gasteiger partial charge in [-0.2, -0.15) is 0 Å². The number of nitrogens with zero attached hydrogens (tertiary/aromatic N) is 1. The van der Waals surface area contributed by atoms with Crippen molar-refractivity contribution in [1.82, 2.24) is 4.90 Å². The summed E-state index contributed by atoms with van der Waals surface area (Å²) < 4.78 is 6.31. The molecule has 1 saturated heterocycles. The molecule has 0 bridgehead atoms. The van der Waals surface area contributed by atoms with Gasteiger partial charge >= 0.3 is 0 Å². The highest BCUT2D eigenvalue weighted by molar-refractivity contribution is 4.98. The van der Waals surface area contributed by atoms with E-state index in [2.05, 4.69) is 32.6 Å². The van der Waals surface area contributed by atoms with Gasteiger partial charge in [0.25, 0.3) is 0 Å². The number of likely N-dealkylation sites (tertiary alicyclic amines) is 1. The summed E-state index contributed by atoms with van der Waals surface area (Å²) in [6, 6.07) is 0. The van der Waals surface area contributed by atoms with E-state index in [0.29, 0.717) is 11.5 Å². The van der Waals surface area contributed by atoms with Crippen molar-refractivity contribution in [3.8, 4) is 0 Å². The van der Waals surface area contributed by atoms with E-state index >= 15 is 0 Å². The molecular formula is C25H49NO. The summed E-state index contributed by atoms with van der Waals surface area (Å²) in [6.45, 7) is 14.4. The van der Waals surface area contributed by atoms with Gasteiger partial charge < -0.3 is 9.64 Å². The number of piperidine rings is 1. The molecular weight excluding hydrogens is 330 g/mol. The molecule has 0 aromatic carbocycles. The van der Waals surface area contributed by atoms with E-state index in [1.807, 2.05) is 0 Å². The molecule has 0 aromatic rings. The van der Waals surface area contributed by atoms with Gasteiger partial charge in [0.2, 0.25) is 0 Å². The van der Waals surface area contributed by atoms with E-state index in [4.69, 9.17) is 4.74 Å². The quantitative estimate of drug-likeness (QED) is 0.320. The fourth-order valence-corrected chi connectivity index (χ4v) is 5.49. The van der Waals surface area contributed by atoms with Crippen LogP contribution < -0.4 is 0 Å². The second-order valence-corrected chi connectivity index (χ2v) is 10.0. The molecule has 1 aliphatic carbocycles. The van der Waals surface area contributed by atoms with Gasteiger partial charge in [-0.1, -0.05) is 72.6 Å². The van der Waals surface area contributed by atoms with Crippen LogP contribution in [0, 0.1) is 17.3 Å². The Balaban J connectivity index is 1.58. The van der Waals surface area contributed by atoms with Crippen LogP contribution in [0.1, 0.15) is 111 Å². The molecule has 1 heterocycles. The van der Waals surface area contributed by atoms with Crippen molar-refractivity contribution >= 4 is 0 Å². The van der Waals surface area contributed by atoms with Gasteiger partial charge in [-0.3, -0.25) is 0 Å². The zero-order chi connectivity index (χ0) is 19.5. The third kappa shape index (κ3) is 8.05. The highest BCUT2D eigenvalue weighted by Gasteiger charge is 2.46. The molecule has 2 nitrogen and oxygen atoms in total. The van der Waals surface area contributed by atoms with Crippen LogP contribution in [-0.2, 0) is 4.74 Å². The van der Waals surface area contributed by atoms with Crippen LogP contribution in [-0.4, -0.2) is 37.2 Å². The molecule has 160 valence electrons. The molecule has 1 unspecified atom stereocenters. The third-order valence-corrected chi connectivity index (χ3v) is 7.40. The lowest BCUT2D eigenvalue weighted by molar-refractivity contribution is -0.107. The van der Waals surface area contributed by atoms with Crippen LogP contribution in [0.2, 0.25) is 0 Å². The van der Waals surface area contributed by atoms with Crippen molar-refractivity contribution in [3.63, 3.8) is 0 Å². The van der Waals surface area contributed by atoms with Crippen molar-refractivity contribution in [2.45, 2.75) is 117 Å². The average molecular weight is 380 g/mol. The number of hydrogen-bond donors (Lipinski definition) is 0. The topological polar surface area (TPSA) is 12.5 Å². The molecule has 2 heteroatoms. The van der Waals surface area contributed by atoms with Gasteiger partial charge in [0.05, 0.1) is 6.10 Å². The summed E-state index contributed by atoms with van der Waals surface area (Å²) >= 11 is 0. The molecule has 1 spiro atoms. The first-order valence-corrected chi connectivity index (χ1v) is 12.4. The maximum absolute atomic E-state index is 6.31. The standard InChI is InChI=1S/C25H49NO/c1-5-8-11-23(12-9-6-2)13-18-27-24-19-25(20-24)14-16-26(17-15-25)21-22(4)10-7-3/h22-24H,5-21H2,1-4H3. The predicted molar refractivity (Wildman–Crippen MR) is 118 cm³/mol. The number of unbranched alkanes of at least 4 members (excludes halogenated alkanes) is 2. The fourth-order valence-electron chi connectivity index (χ4n) is 5.49. The van der Waals surface area contributed by atoms with Crippen LogP contribution in [0.3, 0.4) is 0 Å². The van der Waals surface area contributed by atoms with E-state index in [-0.39, 0.29) is 0 Å². The summed E-state index contributed by atoms with van der Waals surface area (Å²) in [7, 11) is 0. The zero-order valence-corrected chi connectivity index (χ0v) is 19.1. The fraction of sp³-hybridized carbons (Fsp3) is 1.00. The van der Waals surface area contributed by atoms with E-state index in [9.17, 15) is 0 Å². The minimum Gasteiger partial charge on any atom is -0.378 e. The van der Waals surface area contributed by atoms with Crippen LogP contribution in [0.25, 0.3) is 0 Å². The van der Waals surface area contributed by atoms with Gasteiger partial charge in [0, 0.05) is 13.2 Å². The van der Waals surface area contributed by atoms with Crippen LogP contribution in [0.15, 0.2) is 0 Å². The number of ether oxygens (including phenoxy) is 1. The van der Waals surface area contributed by atoms with Gasteiger partial charge in [0.1, 0.15) is 0 Å². The van der Waals surface area contributed by atoms with Gasteiger partial charge in [-0.05, 0) is 68.9 Å². The van der Waals surface area contributed by atoms with Crippen LogP contribution in [0.5, 0.6) is 0 Å². The largest absolute Gasteiger partial charge is 0.378 e. The third-order valence-electron chi connectivity index (χ3n) is 7.40. The summed E-state index contributed by atoms with van der Waals surface area (Å²) in [5.41, 5.74) is 0.652. The van der Waals surface area contributed by atoms with Gasteiger partial charge in [0.15, 0.2) is 0 Å². The molecule has 0 radical (unpaired) electrons. The summed E-state index contributed by atoms with van der Waals surface area (Å²) in [6.07, 6.45) is 18.4. The van der Waals surface area contributed by atoms with Crippen molar-refractivity contribution in [1.29, 1.82) is 0 Å². The summed E-state index contributed by atoms with van der Waals surface area (Å²) in [4.78, 5) is 2.73. The van der Waals surface area contributed by atoms with E-state index < -0.39 is 0 Å².